The van der Waals surface area contributed by atoms with Crippen LogP contribution in [0.3, 0.4) is 0 Å². The molecule has 1 aliphatic heterocycles. The zero-order valence-corrected chi connectivity index (χ0v) is 12.5. The molecular weight excluding hydrogens is 321 g/mol. The topological polar surface area (TPSA) is 50.4 Å². The molecule has 1 fully saturated rings. The van der Waals surface area contributed by atoms with Crippen molar-refractivity contribution in [2.75, 3.05) is 18.8 Å². The fraction of sp³-hybridized carbons (Fsp3) is 0.900. The van der Waals surface area contributed by atoms with E-state index in [1.54, 1.807) is 0 Å². The van der Waals surface area contributed by atoms with E-state index in [-0.39, 0.29) is 24.0 Å². The molecule has 1 saturated heterocycles. The number of halogens is 1. The number of nitrogens with two attached hydrogens (primary N) is 1. The molecule has 0 radical (unpaired) electrons. The summed E-state index contributed by atoms with van der Waals surface area (Å²) < 4.78 is 0. The second-order valence-electron chi connectivity index (χ2n) is 3.64. The summed E-state index contributed by atoms with van der Waals surface area (Å²) in [4.78, 5) is 4.34. The minimum atomic E-state index is 0. The van der Waals surface area contributed by atoms with Gasteiger partial charge in [-0.15, -0.1) is 24.0 Å². The Balaban J connectivity index is 0.00000196. The van der Waals surface area contributed by atoms with Crippen molar-refractivity contribution in [2.24, 2.45) is 10.7 Å². The molecule has 0 spiro atoms. The molecule has 1 atom stereocenters. The van der Waals surface area contributed by atoms with E-state index in [0.717, 1.165) is 19.5 Å². The SMILES string of the molecule is CCCCNC(N)=NCC1CCCS1.I. The first-order valence-electron chi connectivity index (χ1n) is 5.48. The van der Waals surface area contributed by atoms with Gasteiger partial charge < -0.3 is 11.1 Å². The third-order valence-corrected chi connectivity index (χ3v) is 3.71. The third-order valence-electron chi connectivity index (χ3n) is 2.33. The highest BCUT2D eigenvalue weighted by Crippen LogP contribution is 2.25. The van der Waals surface area contributed by atoms with Crippen molar-refractivity contribution < 1.29 is 0 Å². The lowest BCUT2D eigenvalue weighted by Crippen LogP contribution is -2.33. The van der Waals surface area contributed by atoms with E-state index in [9.17, 15) is 0 Å². The largest absolute Gasteiger partial charge is 0.370 e. The van der Waals surface area contributed by atoms with Crippen molar-refractivity contribution in [3.8, 4) is 0 Å². The molecule has 15 heavy (non-hydrogen) atoms. The van der Waals surface area contributed by atoms with E-state index in [0.29, 0.717) is 11.2 Å². The van der Waals surface area contributed by atoms with Crippen LogP contribution in [-0.2, 0) is 0 Å². The Bertz CT molecular complexity index is 182. The minimum Gasteiger partial charge on any atom is -0.370 e. The van der Waals surface area contributed by atoms with Crippen LogP contribution in [0.1, 0.15) is 32.6 Å². The van der Waals surface area contributed by atoms with Crippen molar-refractivity contribution >= 4 is 41.7 Å². The molecule has 1 heterocycles. The number of aliphatic imine (C=N–C) groups is 1. The standard InChI is InChI=1S/C10H21N3S.HI/c1-2-3-6-12-10(11)13-8-9-5-4-7-14-9;/h9H,2-8H2,1H3,(H3,11,12,13);1H. The zero-order chi connectivity index (χ0) is 10.2. The molecule has 0 aromatic rings. The molecule has 0 bridgehead atoms. The number of hydrogen-bond donors (Lipinski definition) is 2. The summed E-state index contributed by atoms with van der Waals surface area (Å²) in [6, 6.07) is 0. The van der Waals surface area contributed by atoms with Crippen LogP contribution in [0, 0.1) is 0 Å². The molecule has 90 valence electrons. The molecule has 3 N–H and O–H groups in total. The maximum atomic E-state index is 5.72. The number of nitrogens with one attached hydrogen (secondary N) is 1. The van der Waals surface area contributed by atoms with E-state index in [2.05, 4.69) is 17.2 Å². The van der Waals surface area contributed by atoms with Crippen molar-refractivity contribution in [1.82, 2.24) is 5.32 Å². The van der Waals surface area contributed by atoms with Crippen LogP contribution in [0.5, 0.6) is 0 Å². The van der Waals surface area contributed by atoms with Gasteiger partial charge in [0, 0.05) is 11.8 Å². The van der Waals surface area contributed by atoms with Gasteiger partial charge in [0.25, 0.3) is 0 Å². The molecule has 0 aromatic heterocycles. The average Bonchev–Trinajstić information content (AvgIpc) is 2.68. The zero-order valence-electron chi connectivity index (χ0n) is 9.37. The van der Waals surface area contributed by atoms with Crippen molar-refractivity contribution in [2.45, 2.75) is 37.9 Å². The fourth-order valence-electron chi connectivity index (χ4n) is 1.44. The third kappa shape index (κ3) is 7.27. The molecule has 0 amide bonds. The molecular formula is C10H22IN3S. The second-order valence-corrected chi connectivity index (χ2v) is 5.05. The van der Waals surface area contributed by atoms with Gasteiger partial charge in [-0.1, -0.05) is 13.3 Å². The van der Waals surface area contributed by atoms with Crippen LogP contribution in [0.15, 0.2) is 4.99 Å². The van der Waals surface area contributed by atoms with Crippen LogP contribution in [-0.4, -0.2) is 30.1 Å². The van der Waals surface area contributed by atoms with Gasteiger partial charge in [-0.05, 0) is 25.0 Å². The van der Waals surface area contributed by atoms with Crippen LogP contribution in [0.2, 0.25) is 0 Å². The second kappa shape index (κ2) is 9.57. The minimum absolute atomic E-state index is 0. The lowest BCUT2D eigenvalue weighted by Gasteiger charge is -2.07. The van der Waals surface area contributed by atoms with Gasteiger partial charge in [-0.25, -0.2) is 0 Å². The van der Waals surface area contributed by atoms with Crippen molar-refractivity contribution in [1.29, 1.82) is 0 Å². The Morgan fingerprint density at radius 1 is 1.60 bits per heavy atom. The Morgan fingerprint density at radius 3 is 3.00 bits per heavy atom. The summed E-state index contributed by atoms with van der Waals surface area (Å²) in [7, 11) is 0. The Kier molecular flexibility index (Phi) is 9.79. The summed E-state index contributed by atoms with van der Waals surface area (Å²) in [6.45, 7) is 4.00. The molecule has 0 aromatic carbocycles. The smallest absolute Gasteiger partial charge is 0.188 e. The normalized spacial score (nSPS) is 21.1. The van der Waals surface area contributed by atoms with Crippen LogP contribution in [0.25, 0.3) is 0 Å². The number of guanidine groups is 1. The van der Waals surface area contributed by atoms with Crippen LogP contribution < -0.4 is 11.1 Å². The summed E-state index contributed by atoms with van der Waals surface area (Å²) in [6.07, 6.45) is 5.00. The summed E-state index contributed by atoms with van der Waals surface area (Å²) in [5, 5.41) is 3.84. The van der Waals surface area contributed by atoms with E-state index in [1.807, 2.05) is 11.8 Å². The maximum Gasteiger partial charge on any atom is 0.188 e. The molecule has 1 rings (SSSR count). The molecule has 0 saturated carbocycles. The number of unbranched alkanes of at least 4 members (excludes halogenated alkanes) is 1. The van der Waals surface area contributed by atoms with Crippen LogP contribution >= 0.6 is 35.7 Å². The van der Waals surface area contributed by atoms with Crippen LogP contribution in [0.4, 0.5) is 0 Å². The van der Waals surface area contributed by atoms with Gasteiger partial charge in [0.1, 0.15) is 0 Å². The lowest BCUT2D eigenvalue weighted by atomic mass is 10.2. The monoisotopic (exact) mass is 343 g/mol. The first-order valence-corrected chi connectivity index (χ1v) is 6.53. The highest BCUT2D eigenvalue weighted by atomic mass is 127. The highest BCUT2D eigenvalue weighted by molar-refractivity contribution is 14.0. The number of thioether (sulfide) groups is 1. The summed E-state index contributed by atoms with van der Waals surface area (Å²) >= 11 is 2.02. The highest BCUT2D eigenvalue weighted by Gasteiger charge is 2.14. The quantitative estimate of drug-likeness (QED) is 0.348. The Labute approximate surface area is 114 Å². The summed E-state index contributed by atoms with van der Waals surface area (Å²) in [5.74, 6) is 1.91. The Morgan fingerprint density at radius 2 is 2.40 bits per heavy atom. The van der Waals surface area contributed by atoms with Gasteiger partial charge in [0.05, 0.1) is 6.54 Å². The van der Waals surface area contributed by atoms with Gasteiger partial charge in [-0.2, -0.15) is 11.8 Å². The van der Waals surface area contributed by atoms with Gasteiger partial charge in [-0.3, -0.25) is 4.99 Å². The maximum absolute atomic E-state index is 5.72. The van der Waals surface area contributed by atoms with E-state index >= 15 is 0 Å². The number of hydrogen-bond acceptors (Lipinski definition) is 2. The van der Waals surface area contributed by atoms with E-state index in [1.165, 1.54) is 25.0 Å². The molecule has 5 heteroatoms. The molecule has 0 aliphatic carbocycles. The molecule has 1 unspecified atom stereocenters. The van der Waals surface area contributed by atoms with Gasteiger partial charge >= 0.3 is 0 Å². The summed E-state index contributed by atoms with van der Waals surface area (Å²) in [5.41, 5.74) is 5.72. The average molecular weight is 343 g/mol. The lowest BCUT2D eigenvalue weighted by molar-refractivity contribution is 0.741. The molecule has 3 nitrogen and oxygen atoms in total. The Hall–Kier alpha value is 0.350. The number of nitrogens with zero attached hydrogens (tertiary/aromatic N) is 1. The predicted octanol–water partition coefficient (Wildman–Crippen LogP) is 2.20. The first-order chi connectivity index (χ1) is 6.83. The first kappa shape index (κ1) is 15.3. The molecule has 1 aliphatic rings. The van der Waals surface area contributed by atoms with E-state index < -0.39 is 0 Å². The van der Waals surface area contributed by atoms with Crippen molar-refractivity contribution in [3.05, 3.63) is 0 Å². The predicted molar refractivity (Wildman–Crippen MR) is 80.3 cm³/mol. The fourth-order valence-corrected chi connectivity index (χ4v) is 2.62. The van der Waals surface area contributed by atoms with Gasteiger partial charge in [0.15, 0.2) is 5.96 Å². The van der Waals surface area contributed by atoms with Crippen molar-refractivity contribution in [3.63, 3.8) is 0 Å². The van der Waals surface area contributed by atoms with E-state index in [4.69, 9.17) is 5.73 Å². The van der Waals surface area contributed by atoms with Gasteiger partial charge in [0.2, 0.25) is 0 Å². The number of rotatable bonds is 5.